The lowest BCUT2D eigenvalue weighted by atomic mass is 9.91. The maximum Gasteiger partial charge on any atom is 0.212 e. The number of nitrogens with one attached hydrogen (secondary N) is 2. The summed E-state index contributed by atoms with van der Waals surface area (Å²) in [5.41, 5.74) is 2.50. The van der Waals surface area contributed by atoms with Gasteiger partial charge in [0.05, 0.1) is 17.5 Å². The quantitative estimate of drug-likeness (QED) is 0.624. The molecular weight excluding hydrogens is 400 g/mol. The first-order chi connectivity index (χ1) is 14.5. The van der Waals surface area contributed by atoms with Crippen molar-refractivity contribution < 1.29 is 8.42 Å². The van der Waals surface area contributed by atoms with Gasteiger partial charge in [0.1, 0.15) is 5.82 Å². The summed E-state index contributed by atoms with van der Waals surface area (Å²) in [7, 11) is -3.26. The van der Waals surface area contributed by atoms with Gasteiger partial charge in [-0.25, -0.2) is 18.1 Å². The van der Waals surface area contributed by atoms with Crippen LogP contribution in [0, 0.1) is 11.8 Å². The van der Waals surface area contributed by atoms with Crippen LogP contribution >= 0.6 is 0 Å². The Hall–Kier alpha value is -2.00. The molecule has 2 aliphatic rings. The molecule has 0 aliphatic heterocycles. The predicted molar refractivity (Wildman–Crippen MR) is 116 cm³/mol. The van der Waals surface area contributed by atoms with E-state index in [9.17, 15) is 8.42 Å². The molecule has 0 saturated heterocycles. The lowest BCUT2D eigenvalue weighted by molar-refractivity contribution is 0.383. The summed E-state index contributed by atoms with van der Waals surface area (Å²) < 4.78 is 30.8. The number of sulfonamides is 1. The molecule has 2 N–H and O–H groups in total. The fraction of sp³-hybridized carbons (Fsp3) is 0.667. The Morgan fingerprint density at radius 2 is 2.03 bits per heavy atom. The maximum absolute atomic E-state index is 12.8. The van der Waals surface area contributed by atoms with Crippen molar-refractivity contribution in [1.82, 2.24) is 29.3 Å². The van der Waals surface area contributed by atoms with E-state index >= 15 is 0 Å². The van der Waals surface area contributed by atoms with Gasteiger partial charge in [0.15, 0.2) is 11.3 Å². The molecule has 0 radical (unpaired) electrons. The van der Waals surface area contributed by atoms with E-state index in [2.05, 4.69) is 36.2 Å². The lowest BCUT2D eigenvalue weighted by Gasteiger charge is -2.22. The highest BCUT2D eigenvalue weighted by Crippen LogP contribution is 2.41. The van der Waals surface area contributed by atoms with Crippen molar-refractivity contribution in [1.29, 1.82) is 0 Å². The van der Waals surface area contributed by atoms with E-state index in [0.717, 1.165) is 67.6 Å². The van der Waals surface area contributed by atoms with Gasteiger partial charge in [-0.1, -0.05) is 32.6 Å². The van der Waals surface area contributed by atoms with Gasteiger partial charge in [-0.2, -0.15) is 0 Å². The van der Waals surface area contributed by atoms with Crippen LogP contribution in [0.5, 0.6) is 0 Å². The molecule has 5 rings (SSSR count). The minimum absolute atomic E-state index is 0.0376. The Balaban J connectivity index is 1.37. The standard InChI is InChI=1S/C21H30N6O2S/c1-2-15-10-16(26-30(28,29)13-14-6-4-3-5-7-14)11-17(15)21-25-24-19-12-23-20-18(27(19)21)8-9-22-20/h8-9,12,14-17,22,26H,2-7,10-11,13H2,1H3/t15-,16+,17+/m1/s1. The minimum atomic E-state index is -3.26. The highest BCUT2D eigenvalue weighted by Gasteiger charge is 2.39. The number of aromatic nitrogens is 5. The van der Waals surface area contributed by atoms with E-state index in [1.54, 1.807) is 6.20 Å². The number of aromatic amines is 1. The van der Waals surface area contributed by atoms with Crippen LogP contribution in [0.15, 0.2) is 18.5 Å². The summed E-state index contributed by atoms with van der Waals surface area (Å²) in [5.74, 6) is 2.05. The van der Waals surface area contributed by atoms with E-state index < -0.39 is 10.0 Å². The Kier molecular flexibility index (Phi) is 5.26. The zero-order chi connectivity index (χ0) is 20.7. The Morgan fingerprint density at radius 1 is 1.20 bits per heavy atom. The number of nitrogens with zero attached hydrogens (tertiary/aromatic N) is 4. The van der Waals surface area contributed by atoms with Gasteiger partial charge in [-0.15, -0.1) is 10.2 Å². The Labute approximate surface area is 176 Å². The summed E-state index contributed by atoms with van der Waals surface area (Å²) in [6.07, 6.45) is 11.8. The number of fused-ring (bicyclic) bond motifs is 3. The largest absolute Gasteiger partial charge is 0.345 e. The molecule has 3 heterocycles. The van der Waals surface area contributed by atoms with Crippen LogP contribution < -0.4 is 4.72 Å². The normalized spacial score (nSPS) is 26.1. The second kappa shape index (κ2) is 7.92. The second-order valence-electron chi connectivity index (χ2n) is 9.07. The lowest BCUT2D eigenvalue weighted by Crippen LogP contribution is -2.37. The minimum Gasteiger partial charge on any atom is -0.345 e. The van der Waals surface area contributed by atoms with Crippen LogP contribution in [0.4, 0.5) is 0 Å². The Morgan fingerprint density at radius 3 is 2.83 bits per heavy atom. The first-order valence-electron chi connectivity index (χ1n) is 11.2. The monoisotopic (exact) mass is 430 g/mol. The smallest absolute Gasteiger partial charge is 0.212 e. The van der Waals surface area contributed by atoms with E-state index in [0.29, 0.717) is 11.8 Å². The SMILES string of the molecule is CC[C@@H]1C[C@H](NS(=O)(=O)CC2CCCCC2)C[C@@H]1c1nnc2cnc3[nH]ccc3n12. The van der Waals surface area contributed by atoms with Crippen molar-refractivity contribution in [2.45, 2.75) is 70.3 Å². The molecule has 0 amide bonds. The van der Waals surface area contributed by atoms with Crippen LogP contribution in [0.3, 0.4) is 0 Å². The second-order valence-corrected chi connectivity index (χ2v) is 10.9. The summed E-state index contributed by atoms with van der Waals surface area (Å²) in [4.78, 5) is 7.54. The molecule has 0 unspecified atom stereocenters. The highest BCUT2D eigenvalue weighted by atomic mass is 32.2. The number of H-pyrrole nitrogens is 1. The average Bonchev–Trinajstić information content (AvgIpc) is 3.44. The van der Waals surface area contributed by atoms with E-state index in [1.807, 2.05) is 12.3 Å². The molecule has 162 valence electrons. The third-order valence-corrected chi connectivity index (χ3v) is 8.65. The molecule has 2 saturated carbocycles. The summed E-state index contributed by atoms with van der Waals surface area (Å²) in [5, 5.41) is 8.85. The number of hydrogen-bond donors (Lipinski definition) is 2. The Bertz CT molecular complexity index is 1130. The molecule has 2 aliphatic carbocycles. The van der Waals surface area contributed by atoms with E-state index in [-0.39, 0.29) is 17.7 Å². The predicted octanol–water partition coefficient (Wildman–Crippen LogP) is 3.38. The van der Waals surface area contributed by atoms with Crippen molar-refractivity contribution in [3.8, 4) is 0 Å². The zero-order valence-electron chi connectivity index (χ0n) is 17.4. The molecule has 3 aromatic heterocycles. The van der Waals surface area contributed by atoms with Crippen LogP contribution in [0.2, 0.25) is 0 Å². The van der Waals surface area contributed by atoms with Gasteiger partial charge in [0.2, 0.25) is 10.0 Å². The summed E-state index contributed by atoms with van der Waals surface area (Å²) in [6, 6.07) is 1.95. The van der Waals surface area contributed by atoms with Crippen LogP contribution in [0.25, 0.3) is 16.8 Å². The van der Waals surface area contributed by atoms with Crippen LogP contribution in [-0.4, -0.2) is 44.8 Å². The van der Waals surface area contributed by atoms with Crippen LogP contribution in [0.1, 0.15) is 70.0 Å². The fourth-order valence-corrected chi connectivity index (χ4v) is 7.34. The van der Waals surface area contributed by atoms with E-state index in [4.69, 9.17) is 0 Å². The first kappa shape index (κ1) is 19.9. The molecule has 0 spiro atoms. The van der Waals surface area contributed by atoms with Gasteiger partial charge >= 0.3 is 0 Å². The third kappa shape index (κ3) is 3.73. The molecule has 30 heavy (non-hydrogen) atoms. The topological polar surface area (TPSA) is 105 Å². The molecule has 3 aromatic rings. The van der Waals surface area contributed by atoms with E-state index in [1.165, 1.54) is 6.42 Å². The average molecular weight is 431 g/mol. The van der Waals surface area contributed by atoms with Gasteiger partial charge < -0.3 is 4.98 Å². The highest BCUT2D eigenvalue weighted by molar-refractivity contribution is 7.89. The molecular formula is C21H30N6O2S. The maximum atomic E-state index is 12.8. The number of hydrogen-bond acceptors (Lipinski definition) is 5. The molecule has 2 fully saturated rings. The van der Waals surface area contributed by atoms with Crippen molar-refractivity contribution in [3.63, 3.8) is 0 Å². The zero-order valence-corrected chi connectivity index (χ0v) is 18.2. The van der Waals surface area contributed by atoms with Crippen molar-refractivity contribution in [3.05, 3.63) is 24.3 Å². The fourth-order valence-electron chi connectivity index (χ4n) is 5.59. The summed E-state index contributed by atoms with van der Waals surface area (Å²) >= 11 is 0. The van der Waals surface area contributed by atoms with Gasteiger partial charge in [-0.05, 0) is 43.6 Å². The molecule has 9 heteroatoms. The summed E-state index contributed by atoms with van der Waals surface area (Å²) in [6.45, 7) is 2.17. The molecule has 3 atom stereocenters. The first-order valence-corrected chi connectivity index (χ1v) is 12.9. The van der Waals surface area contributed by atoms with Crippen molar-refractivity contribution in [2.24, 2.45) is 11.8 Å². The van der Waals surface area contributed by atoms with Gasteiger partial charge in [-0.3, -0.25) is 4.40 Å². The third-order valence-electron chi connectivity index (χ3n) is 7.04. The molecule has 8 nitrogen and oxygen atoms in total. The van der Waals surface area contributed by atoms with Gasteiger partial charge in [0, 0.05) is 18.2 Å². The van der Waals surface area contributed by atoms with Crippen molar-refractivity contribution in [2.75, 3.05) is 5.75 Å². The van der Waals surface area contributed by atoms with Gasteiger partial charge in [0.25, 0.3) is 0 Å². The van der Waals surface area contributed by atoms with Crippen LogP contribution in [-0.2, 0) is 10.0 Å². The molecule has 0 bridgehead atoms. The van der Waals surface area contributed by atoms with Crippen molar-refractivity contribution >= 4 is 26.8 Å². The number of rotatable bonds is 6. The molecule has 0 aromatic carbocycles.